The Kier molecular flexibility index (Phi) is 4.12. The summed E-state index contributed by atoms with van der Waals surface area (Å²) in [6, 6.07) is 4.60. The van der Waals surface area contributed by atoms with Crippen molar-refractivity contribution in [1.82, 2.24) is 5.32 Å². The van der Waals surface area contributed by atoms with Crippen molar-refractivity contribution in [1.29, 1.82) is 0 Å². The molecule has 0 spiro atoms. The third kappa shape index (κ3) is 2.78. The average molecular weight is 290 g/mol. The lowest BCUT2D eigenvalue weighted by Gasteiger charge is -2.33. The number of rotatable bonds is 2. The van der Waals surface area contributed by atoms with Crippen LogP contribution in [0.2, 0.25) is 10.0 Å². The highest BCUT2D eigenvalue weighted by molar-refractivity contribution is 6.42. The largest absolute Gasteiger partial charge is 0.480 e. The molecule has 1 aromatic rings. The van der Waals surface area contributed by atoms with Crippen LogP contribution >= 0.6 is 23.2 Å². The maximum absolute atomic E-state index is 10.9. The zero-order valence-corrected chi connectivity index (χ0v) is 11.2. The Bertz CT molecular complexity index is 467. The minimum Gasteiger partial charge on any atom is -0.480 e. The van der Waals surface area contributed by atoms with Gasteiger partial charge < -0.3 is 9.84 Å². The van der Waals surface area contributed by atoms with Crippen LogP contribution in [0.25, 0.3) is 0 Å². The van der Waals surface area contributed by atoms with Crippen molar-refractivity contribution in [3.05, 3.63) is 33.8 Å². The van der Waals surface area contributed by atoms with E-state index in [9.17, 15) is 4.79 Å². The number of aliphatic carboxylic acids is 1. The van der Waals surface area contributed by atoms with E-state index in [1.54, 1.807) is 19.1 Å². The maximum atomic E-state index is 10.9. The van der Waals surface area contributed by atoms with Gasteiger partial charge in [0.1, 0.15) is 6.04 Å². The van der Waals surface area contributed by atoms with Crippen molar-refractivity contribution in [2.45, 2.75) is 25.2 Å². The molecule has 3 atom stereocenters. The highest BCUT2D eigenvalue weighted by atomic mass is 35.5. The molecule has 1 aromatic carbocycles. The highest BCUT2D eigenvalue weighted by Crippen LogP contribution is 2.29. The number of hydrogen-bond acceptors (Lipinski definition) is 3. The van der Waals surface area contributed by atoms with Gasteiger partial charge in [-0.1, -0.05) is 29.3 Å². The summed E-state index contributed by atoms with van der Waals surface area (Å²) in [6.45, 7) is 2.16. The summed E-state index contributed by atoms with van der Waals surface area (Å²) in [4.78, 5) is 10.9. The number of ether oxygens (including phenoxy) is 1. The standard InChI is InChI=1S/C12H13Cl2NO3/c1-6-11(12(16)17)15-5-10(18-6)7-2-3-8(13)9(14)4-7/h2-4,6,10-11,15H,5H2,1H3,(H,16,17). The summed E-state index contributed by atoms with van der Waals surface area (Å²) in [5.74, 6) is -0.907. The molecule has 4 nitrogen and oxygen atoms in total. The van der Waals surface area contributed by atoms with Crippen LogP contribution in [-0.4, -0.2) is 29.8 Å². The number of morpholine rings is 1. The fourth-order valence-electron chi connectivity index (χ4n) is 1.98. The van der Waals surface area contributed by atoms with Gasteiger partial charge in [-0.25, -0.2) is 0 Å². The molecule has 0 amide bonds. The van der Waals surface area contributed by atoms with E-state index < -0.39 is 18.1 Å². The number of benzene rings is 1. The van der Waals surface area contributed by atoms with Gasteiger partial charge >= 0.3 is 5.97 Å². The zero-order valence-electron chi connectivity index (χ0n) is 9.69. The predicted octanol–water partition coefficient (Wildman–Crippen LogP) is 2.50. The summed E-state index contributed by atoms with van der Waals surface area (Å²) >= 11 is 11.8. The van der Waals surface area contributed by atoms with Crippen molar-refractivity contribution in [3.63, 3.8) is 0 Å². The smallest absolute Gasteiger partial charge is 0.323 e. The molecule has 1 saturated heterocycles. The van der Waals surface area contributed by atoms with E-state index in [2.05, 4.69) is 5.32 Å². The first-order chi connectivity index (χ1) is 8.49. The van der Waals surface area contributed by atoms with Gasteiger partial charge in [-0.3, -0.25) is 10.1 Å². The maximum Gasteiger partial charge on any atom is 0.323 e. The lowest BCUT2D eigenvalue weighted by atomic mass is 10.0. The van der Waals surface area contributed by atoms with Crippen LogP contribution in [0, 0.1) is 0 Å². The molecule has 1 aliphatic heterocycles. The van der Waals surface area contributed by atoms with Crippen LogP contribution < -0.4 is 5.32 Å². The first-order valence-corrected chi connectivity index (χ1v) is 6.31. The topological polar surface area (TPSA) is 58.6 Å². The molecule has 0 aromatic heterocycles. The molecular formula is C12H13Cl2NO3. The van der Waals surface area contributed by atoms with Gasteiger partial charge in [0.25, 0.3) is 0 Å². The molecule has 0 bridgehead atoms. The molecule has 2 rings (SSSR count). The number of halogens is 2. The molecule has 0 radical (unpaired) electrons. The number of carboxylic acid groups (broad SMARTS) is 1. The molecule has 2 N–H and O–H groups in total. The first kappa shape index (κ1) is 13.6. The Morgan fingerprint density at radius 2 is 2.17 bits per heavy atom. The number of nitrogens with one attached hydrogen (secondary N) is 1. The number of carbonyl (C=O) groups is 1. The minimum absolute atomic E-state index is 0.217. The number of hydrogen-bond donors (Lipinski definition) is 2. The molecule has 98 valence electrons. The third-order valence-corrected chi connectivity index (χ3v) is 3.69. The molecule has 18 heavy (non-hydrogen) atoms. The second-order valence-electron chi connectivity index (χ2n) is 4.23. The Hall–Kier alpha value is -0.810. The summed E-state index contributed by atoms with van der Waals surface area (Å²) < 4.78 is 5.70. The molecule has 1 aliphatic rings. The normalized spacial score (nSPS) is 28.1. The SMILES string of the molecule is CC1OC(c2ccc(Cl)c(Cl)c2)CNC1C(=O)O. The predicted molar refractivity (Wildman–Crippen MR) is 69.2 cm³/mol. The van der Waals surface area contributed by atoms with Crippen molar-refractivity contribution in [3.8, 4) is 0 Å². The quantitative estimate of drug-likeness (QED) is 0.878. The third-order valence-electron chi connectivity index (χ3n) is 2.95. The fourth-order valence-corrected chi connectivity index (χ4v) is 2.29. The summed E-state index contributed by atoms with van der Waals surface area (Å²) in [5.41, 5.74) is 0.882. The van der Waals surface area contributed by atoms with Crippen LogP contribution in [0.1, 0.15) is 18.6 Å². The van der Waals surface area contributed by atoms with Crippen LogP contribution in [-0.2, 0) is 9.53 Å². The van der Waals surface area contributed by atoms with E-state index in [-0.39, 0.29) is 6.10 Å². The van der Waals surface area contributed by atoms with E-state index in [0.717, 1.165) is 5.56 Å². The van der Waals surface area contributed by atoms with E-state index in [1.165, 1.54) is 0 Å². The Morgan fingerprint density at radius 3 is 2.72 bits per heavy atom. The van der Waals surface area contributed by atoms with Crippen LogP contribution in [0.4, 0.5) is 0 Å². The average Bonchev–Trinajstić information content (AvgIpc) is 2.32. The van der Waals surface area contributed by atoms with Gasteiger partial charge in [0.2, 0.25) is 0 Å². The Balaban J connectivity index is 2.12. The van der Waals surface area contributed by atoms with E-state index >= 15 is 0 Å². The lowest BCUT2D eigenvalue weighted by Crippen LogP contribution is -2.52. The Morgan fingerprint density at radius 1 is 1.44 bits per heavy atom. The summed E-state index contributed by atoms with van der Waals surface area (Å²) in [6.07, 6.45) is -0.624. The molecule has 1 fully saturated rings. The van der Waals surface area contributed by atoms with Crippen molar-refractivity contribution in [2.24, 2.45) is 0 Å². The van der Waals surface area contributed by atoms with Gasteiger partial charge in [0.15, 0.2) is 0 Å². The Labute approximate surface area is 115 Å². The molecule has 0 saturated carbocycles. The highest BCUT2D eigenvalue weighted by Gasteiger charge is 2.33. The monoisotopic (exact) mass is 289 g/mol. The van der Waals surface area contributed by atoms with Crippen LogP contribution in [0.5, 0.6) is 0 Å². The van der Waals surface area contributed by atoms with Crippen LogP contribution in [0.15, 0.2) is 18.2 Å². The summed E-state index contributed by atoms with van der Waals surface area (Å²) in [5, 5.41) is 12.9. The summed E-state index contributed by atoms with van der Waals surface area (Å²) in [7, 11) is 0. The van der Waals surface area contributed by atoms with Gasteiger partial charge in [-0.05, 0) is 24.6 Å². The number of carboxylic acids is 1. The van der Waals surface area contributed by atoms with Gasteiger partial charge in [0.05, 0.1) is 22.3 Å². The van der Waals surface area contributed by atoms with Gasteiger partial charge in [-0.15, -0.1) is 0 Å². The van der Waals surface area contributed by atoms with E-state index in [0.29, 0.717) is 16.6 Å². The van der Waals surface area contributed by atoms with Crippen molar-refractivity contribution < 1.29 is 14.6 Å². The lowest BCUT2D eigenvalue weighted by molar-refractivity contribution is -0.149. The van der Waals surface area contributed by atoms with Gasteiger partial charge in [-0.2, -0.15) is 0 Å². The van der Waals surface area contributed by atoms with Crippen molar-refractivity contribution >= 4 is 29.2 Å². The molecular weight excluding hydrogens is 277 g/mol. The second kappa shape index (κ2) is 5.45. The first-order valence-electron chi connectivity index (χ1n) is 5.55. The van der Waals surface area contributed by atoms with E-state index in [1.807, 2.05) is 6.07 Å². The second-order valence-corrected chi connectivity index (χ2v) is 5.04. The molecule has 6 heteroatoms. The van der Waals surface area contributed by atoms with Crippen LogP contribution in [0.3, 0.4) is 0 Å². The molecule has 3 unspecified atom stereocenters. The molecule has 0 aliphatic carbocycles. The molecule has 1 heterocycles. The van der Waals surface area contributed by atoms with Crippen molar-refractivity contribution in [2.75, 3.05) is 6.54 Å². The minimum atomic E-state index is -0.907. The van der Waals surface area contributed by atoms with E-state index in [4.69, 9.17) is 33.0 Å². The zero-order chi connectivity index (χ0) is 13.3. The van der Waals surface area contributed by atoms with Gasteiger partial charge in [0, 0.05) is 6.54 Å². The fraction of sp³-hybridized carbons (Fsp3) is 0.417.